The number of esters is 1. The van der Waals surface area contributed by atoms with Crippen molar-refractivity contribution in [3.63, 3.8) is 0 Å². The summed E-state index contributed by atoms with van der Waals surface area (Å²) < 4.78 is 5.44. The zero-order valence-electron chi connectivity index (χ0n) is 36.0. The fourth-order valence-corrected chi connectivity index (χ4v) is 7.04. The molecule has 0 aliphatic heterocycles. The van der Waals surface area contributed by atoms with Gasteiger partial charge in [-0.05, 0) is 57.8 Å². The summed E-state index contributed by atoms with van der Waals surface area (Å²) in [5.74, 6) is -0.106. The lowest BCUT2D eigenvalue weighted by Gasteiger charge is -2.20. The molecule has 0 heterocycles. The first-order valence-corrected chi connectivity index (χ1v) is 23.6. The maximum atomic E-state index is 12.4. The largest absolute Gasteiger partial charge is 0.466 e. The Kier molecular flexibility index (Phi) is 42.7. The van der Waals surface area contributed by atoms with Crippen LogP contribution < -0.4 is 5.32 Å². The van der Waals surface area contributed by atoms with E-state index in [2.05, 4.69) is 31.3 Å². The van der Waals surface area contributed by atoms with E-state index in [1.165, 1.54) is 161 Å². The maximum absolute atomic E-state index is 12.4. The molecule has 6 nitrogen and oxygen atoms in total. The van der Waals surface area contributed by atoms with Crippen LogP contribution in [0.15, 0.2) is 24.3 Å². The van der Waals surface area contributed by atoms with Crippen LogP contribution in [0.2, 0.25) is 0 Å². The number of ether oxygens (including phenoxy) is 1. The van der Waals surface area contributed by atoms with Crippen LogP contribution in [0.5, 0.6) is 0 Å². The third-order valence-electron chi connectivity index (χ3n) is 10.7. The zero-order valence-corrected chi connectivity index (χ0v) is 36.0. The molecule has 0 aromatic carbocycles. The van der Waals surface area contributed by atoms with E-state index in [0.29, 0.717) is 19.4 Å². The summed E-state index contributed by atoms with van der Waals surface area (Å²) in [4.78, 5) is 24.4. The molecule has 0 aliphatic rings. The number of nitrogens with one attached hydrogen (secondary N) is 1. The van der Waals surface area contributed by atoms with Crippen LogP contribution in [0.1, 0.15) is 245 Å². The van der Waals surface area contributed by atoms with Crippen molar-refractivity contribution in [3.05, 3.63) is 24.3 Å². The fourth-order valence-electron chi connectivity index (χ4n) is 7.04. The Labute approximate surface area is 335 Å². The molecule has 0 radical (unpaired) electrons. The van der Waals surface area contributed by atoms with Crippen molar-refractivity contribution in [2.45, 2.75) is 257 Å². The van der Waals surface area contributed by atoms with Crippen LogP contribution in [0, 0.1) is 0 Å². The second-order valence-corrected chi connectivity index (χ2v) is 16.1. The van der Waals surface area contributed by atoms with E-state index in [4.69, 9.17) is 4.74 Å². The highest BCUT2D eigenvalue weighted by atomic mass is 16.5. The van der Waals surface area contributed by atoms with Gasteiger partial charge in [-0.1, -0.05) is 199 Å². The van der Waals surface area contributed by atoms with Crippen molar-refractivity contribution in [1.82, 2.24) is 5.32 Å². The molecule has 0 saturated carbocycles. The molecule has 6 heteroatoms. The third kappa shape index (κ3) is 40.0. The van der Waals surface area contributed by atoms with Gasteiger partial charge in [0.15, 0.2) is 0 Å². The number of amides is 1. The summed E-state index contributed by atoms with van der Waals surface area (Å²) in [6, 6.07) is -0.638. The molecule has 0 fully saturated rings. The maximum Gasteiger partial charge on any atom is 0.305 e. The Bertz CT molecular complexity index is 843. The number of unbranched alkanes of at least 4 members (excludes halogenated alkanes) is 30. The lowest BCUT2D eigenvalue weighted by molar-refractivity contribution is -0.143. The molecule has 0 rings (SSSR count). The smallest absolute Gasteiger partial charge is 0.305 e. The molecular formula is C48H91NO5. The van der Waals surface area contributed by atoms with E-state index in [-0.39, 0.29) is 18.5 Å². The van der Waals surface area contributed by atoms with E-state index in [1.807, 2.05) is 6.08 Å². The van der Waals surface area contributed by atoms with Gasteiger partial charge in [-0.25, -0.2) is 0 Å². The predicted octanol–water partition coefficient (Wildman–Crippen LogP) is 13.6. The van der Waals surface area contributed by atoms with Gasteiger partial charge >= 0.3 is 5.97 Å². The van der Waals surface area contributed by atoms with Gasteiger partial charge in [0, 0.05) is 12.8 Å². The minimum Gasteiger partial charge on any atom is -0.466 e. The van der Waals surface area contributed by atoms with E-state index in [0.717, 1.165) is 57.8 Å². The van der Waals surface area contributed by atoms with Gasteiger partial charge in [0.1, 0.15) is 0 Å². The number of rotatable bonds is 43. The van der Waals surface area contributed by atoms with Crippen LogP contribution in [-0.2, 0) is 14.3 Å². The van der Waals surface area contributed by atoms with Crippen molar-refractivity contribution >= 4 is 11.9 Å². The van der Waals surface area contributed by atoms with Crippen molar-refractivity contribution < 1.29 is 24.5 Å². The number of carbonyl (C=O) groups excluding carboxylic acids is 2. The number of hydrogen-bond acceptors (Lipinski definition) is 5. The van der Waals surface area contributed by atoms with Gasteiger partial charge in [0.2, 0.25) is 5.91 Å². The predicted molar refractivity (Wildman–Crippen MR) is 232 cm³/mol. The van der Waals surface area contributed by atoms with Gasteiger partial charge < -0.3 is 20.3 Å². The van der Waals surface area contributed by atoms with Crippen LogP contribution in [0.3, 0.4) is 0 Å². The van der Waals surface area contributed by atoms with Gasteiger partial charge in [-0.2, -0.15) is 0 Å². The Balaban J connectivity index is 3.50. The summed E-state index contributed by atoms with van der Waals surface area (Å²) in [6.45, 7) is 4.83. The van der Waals surface area contributed by atoms with Gasteiger partial charge in [-0.15, -0.1) is 0 Å². The summed E-state index contributed by atoms with van der Waals surface area (Å²) in [7, 11) is 0. The van der Waals surface area contributed by atoms with E-state index in [9.17, 15) is 19.8 Å². The molecule has 0 spiro atoms. The normalized spacial score (nSPS) is 12.9. The van der Waals surface area contributed by atoms with Crippen molar-refractivity contribution in [3.8, 4) is 0 Å². The van der Waals surface area contributed by atoms with Crippen molar-refractivity contribution in [1.29, 1.82) is 0 Å². The van der Waals surface area contributed by atoms with Gasteiger partial charge in [0.25, 0.3) is 0 Å². The first-order valence-electron chi connectivity index (χ1n) is 23.6. The van der Waals surface area contributed by atoms with Crippen LogP contribution in [0.25, 0.3) is 0 Å². The molecule has 0 aliphatic carbocycles. The van der Waals surface area contributed by atoms with Crippen molar-refractivity contribution in [2.75, 3.05) is 13.2 Å². The quantitative estimate of drug-likeness (QED) is 0.0327. The lowest BCUT2D eigenvalue weighted by atomic mass is 10.0. The molecule has 2 atom stereocenters. The molecular weight excluding hydrogens is 671 g/mol. The first-order chi connectivity index (χ1) is 26.5. The highest BCUT2D eigenvalue weighted by molar-refractivity contribution is 5.76. The second kappa shape index (κ2) is 44.1. The molecule has 0 aromatic rings. The number of carbonyl (C=O) groups is 2. The molecule has 318 valence electrons. The first kappa shape index (κ1) is 52.3. The number of allylic oxidation sites excluding steroid dienone is 3. The highest BCUT2D eigenvalue weighted by Crippen LogP contribution is 2.15. The molecule has 3 N–H and O–H groups in total. The molecule has 0 aromatic heterocycles. The van der Waals surface area contributed by atoms with E-state index in [1.54, 1.807) is 6.08 Å². The Morgan fingerprint density at radius 2 is 0.870 bits per heavy atom. The zero-order chi connectivity index (χ0) is 39.4. The summed E-state index contributed by atoms with van der Waals surface area (Å²) >= 11 is 0. The topological polar surface area (TPSA) is 95.9 Å². The minimum absolute atomic E-state index is 0.0208. The van der Waals surface area contributed by atoms with E-state index < -0.39 is 12.1 Å². The molecule has 54 heavy (non-hydrogen) atoms. The molecule has 1 amide bonds. The van der Waals surface area contributed by atoms with Crippen LogP contribution in [-0.4, -0.2) is 47.4 Å². The van der Waals surface area contributed by atoms with Crippen molar-refractivity contribution in [2.24, 2.45) is 0 Å². The monoisotopic (exact) mass is 762 g/mol. The lowest BCUT2D eigenvalue weighted by Crippen LogP contribution is -2.45. The molecule has 2 unspecified atom stereocenters. The van der Waals surface area contributed by atoms with Gasteiger partial charge in [0.05, 0.1) is 25.4 Å². The van der Waals surface area contributed by atoms with Crippen LogP contribution in [0.4, 0.5) is 0 Å². The summed E-state index contributed by atoms with van der Waals surface area (Å²) in [5.41, 5.74) is 0. The average molecular weight is 762 g/mol. The number of hydrogen-bond donors (Lipinski definition) is 3. The Hall–Kier alpha value is -1.66. The Morgan fingerprint density at radius 1 is 0.500 bits per heavy atom. The Morgan fingerprint density at radius 3 is 1.33 bits per heavy atom. The summed E-state index contributed by atoms with van der Waals surface area (Å²) in [6.07, 6.45) is 50.2. The molecule has 0 saturated heterocycles. The van der Waals surface area contributed by atoms with Gasteiger partial charge in [-0.3, -0.25) is 9.59 Å². The summed E-state index contributed by atoms with van der Waals surface area (Å²) in [5, 5.41) is 23.0. The SMILES string of the molecule is CCCCCC/C=C\CCCCCCCC(=O)OCCCCCCCCCCCCCCC(=O)NC(CO)C(O)/C=C/CCCCCCCCCCCC. The fraction of sp³-hybridized carbons (Fsp3) is 0.875. The standard InChI is InChI=1S/C48H91NO5/c1-3-5-7-9-11-13-15-17-22-26-30-34-38-42-48(53)54-43-39-35-31-27-23-19-18-21-25-29-33-37-41-47(52)49-45(44-50)46(51)40-36-32-28-24-20-16-14-12-10-8-6-4-2/h13,15,36,40,45-46,50-51H,3-12,14,16-35,37-39,41-44H2,1-2H3,(H,49,52)/b15-13-,40-36+. The second-order valence-electron chi connectivity index (χ2n) is 16.1. The molecule has 0 bridgehead atoms. The third-order valence-corrected chi connectivity index (χ3v) is 10.7. The minimum atomic E-state index is -0.853. The van der Waals surface area contributed by atoms with Crippen LogP contribution >= 0.6 is 0 Å². The van der Waals surface area contributed by atoms with E-state index >= 15 is 0 Å². The average Bonchev–Trinajstić information content (AvgIpc) is 3.17. The highest BCUT2D eigenvalue weighted by Gasteiger charge is 2.18. The number of aliphatic hydroxyl groups excluding tert-OH is 2. The number of aliphatic hydroxyl groups is 2.